The van der Waals surface area contributed by atoms with Gasteiger partial charge >= 0.3 is 5.97 Å². The highest BCUT2D eigenvalue weighted by molar-refractivity contribution is 8.18. The van der Waals surface area contributed by atoms with Gasteiger partial charge in [-0.15, -0.1) is 0 Å². The van der Waals surface area contributed by atoms with Gasteiger partial charge in [-0.2, -0.15) is 0 Å². The molecule has 8 heteroatoms. The summed E-state index contributed by atoms with van der Waals surface area (Å²) in [5.41, 5.74) is 1.61. The molecule has 0 spiro atoms. The summed E-state index contributed by atoms with van der Waals surface area (Å²) < 4.78 is 10.7. The Balaban J connectivity index is 1.53. The Hall–Kier alpha value is -3.55. The molecule has 0 bridgehead atoms. The van der Waals surface area contributed by atoms with Crippen molar-refractivity contribution in [2.24, 2.45) is 0 Å². The second kappa shape index (κ2) is 9.94. The van der Waals surface area contributed by atoms with Crippen molar-refractivity contribution in [3.8, 4) is 11.5 Å². The van der Waals surface area contributed by atoms with E-state index in [9.17, 15) is 14.4 Å². The molecule has 0 aromatic heterocycles. The van der Waals surface area contributed by atoms with Gasteiger partial charge in [-0.3, -0.25) is 14.5 Å². The molecule has 0 atom stereocenters. The molecule has 0 radical (unpaired) electrons. The van der Waals surface area contributed by atoms with Gasteiger partial charge < -0.3 is 9.47 Å². The van der Waals surface area contributed by atoms with Crippen molar-refractivity contribution < 1.29 is 23.9 Å². The third kappa shape index (κ3) is 5.27. The van der Waals surface area contributed by atoms with Crippen LogP contribution >= 0.6 is 23.4 Å². The highest BCUT2D eigenvalue weighted by Crippen LogP contribution is 2.35. The first kappa shape index (κ1) is 22.6. The van der Waals surface area contributed by atoms with Crippen molar-refractivity contribution in [1.82, 2.24) is 4.90 Å². The van der Waals surface area contributed by atoms with E-state index in [1.54, 1.807) is 86.0 Å². The molecular weight excluding hydrogens is 462 g/mol. The lowest BCUT2D eigenvalue weighted by atomic mass is 10.1. The summed E-state index contributed by atoms with van der Waals surface area (Å²) in [5.74, 6) is -0.0609. The highest BCUT2D eigenvalue weighted by Gasteiger charge is 2.35. The molecule has 0 aliphatic carbocycles. The van der Waals surface area contributed by atoms with E-state index in [1.807, 2.05) is 0 Å². The number of para-hydroxylation sites is 1. The minimum Gasteiger partial charge on any atom is -0.497 e. The fourth-order valence-electron chi connectivity index (χ4n) is 3.17. The Kier molecular flexibility index (Phi) is 6.82. The first-order valence-corrected chi connectivity index (χ1v) is 11.1. The maximum absolute atomic E-state index is 12.9. The second-order valence-corrected chi connectivity index (χ2v) is 8.48. The molecular formula is C25H18ClNO5S. The van der Waals surface area contributed by atoms with Crippen LogP contribution in [0.3, 0.4) is 0 Å². The Morgan fingerprint density at radius 1 is 1.03 bits per heavy atom. The van der Waals surface area contributed by atoms with Crippen LogP contribution in [0.5, 0.6) is 11.5 Å². The molecule has 1 fully saturated rings. The fraction of sp³-hybridized carbons (Fsp3) is 0.0800. The summed E-state index contributed by atoms with van der Waals surface area (Å²) in [6.45, 7) is 0.122. The predicted octanol–water partition coefficient (Wildman–Crippen LogP) is 5.80. The Morgan fingerprint density at radius 2 is 1.79 bits per heavy atom. The summed E-state index contributed by atoms with van der Waals surface area (Å²) >= 11 is 6.84. The Labute approximate surface area is 199 Å². The molecule has 3 aromatic rings. The van der Waals surface area contributed by atoms with Crippen LogP contribution in [0, 0.1) is 0 Å². The molecule has 33 heavy (non-hydrogen) atoms. The monoisotopic (exact) mass is 479 g/mol. The lowest BCUT2D eigenvalue weighted by molar-refractivity contribution is -0.123. The molecule has 4 rings (SSSR count). The smallest absolute Gasteiger partial charge is 0.343 e. The number of hydrogen-bond acceptors (Lipinski definition) is 6. The lowest BCUT2D eigenvalue weighted by Crippen LogP contribution is -2.27. The van der Waals surface area contributed by atoms with Gasteiger partial charge in [0, 0.05) is 10.6 Å². The normalized spacial score (nSPS) is 14.6. The molecule has 1 aliphatic rings. The minimum atomic E-state index is -0.549. The zero-order valence-electron chi connectivity index (χ0n) is 17.5. The van der Waals surface area contributed by atoms with Crippen LogP contribution in [0.4, 0.5) is 4.79 Å². The van der Waals surface area contributed by atoms with E-state index in [2.05, 4.69) is 0 Å². The largest absolute Gasteiger partial charge is 0.497 e. The van der Waals surface area contributed by atoms with Gasteiger partial charge in [0.25, 0.3) is 11.1 Å². The van der Waals surface area contributed by atoms with E-state index in [0.29, 0.717) is 21.9 Å². The predicted molar refractivity (Wildman–Crippen MR) is 127 cm³/mol. The van der Waals surface area contributed by atoms with Gasteiger partial charge in [-0.1, -0.05) is 41.9 Å². The molecule has 3 aromatic carbocycles. The number of hydrogen-bond donors (Lipinski definition) is 0. The maximum Gasteiger partial charge on any atom is 0.343 e. The number of methoxy groups -OCH3 is 1. The van der Waals surface area contributed by atoms with Crippen LogP contribution in [0.2, 0.25) is 5.02 Å². The topological polar surface area (TPSA) is 72.9 Å². The summed E-state index contributed by atoms with van der Waals surface area (Å²) in [5, 5.41) is 0.154. The average Bonchev–Trinajstić information content (AvgIpc) is 3.07. The van der Waals surface area contributed by atoms with E-state index >= 15 is 0 Å². The Morgan fingerprint density at radius 3 is 2.52 bits per heavy atom. The van der Waals surface area contributed by atoms with Gasteiger partial charge in [-0.05, 0) is 65.9 Å². The van der Waals surface area contributed by atoms with Gasteiger partial charge in [0.05, 0.1) is 24.1 Å². The van der Waals surface area contributed by atoms with Crippen LogP contribution in [-0.2, 0) is 11.3 Å². The van der Waals surface area contributed by atoms with Crippen LogP contribution in [0.25, 0.3) is 6.08 Å². The van der Waals surface area contributed by atoms with Gasteiger partial charge in [-0.25, -0.2) is 4.79 Å². The fourth-order valence-corrected chi connectivity index (χ4v) is 4.22. The minimum absolute atomic E-state index is 0.122. The van der Waals surface area contributed by atoms with Gasteiger partial charge in [0.15, 0.2) is 0 Å². The molecule has 0 saturated carbocycles. The van der Waals surface area contributed by atoms with E-state index in [-0.39, 0.29) is 22.4 Å². The van der Waals surface area contributed by atoms with Crippen molar-refractivity contribution in [2.75, 3.05) is 7.11 Å². The number of rotatable bonds is 6. The van der Waals surface area contributed by atoms with E-state index in [4.69, 9.17) is 21.1 Å². The quantitative estimate of drug-likeness (QED) is 0.252. The maximum atomic E-state index is 12.9. The molecule has 1 aliphatic heterocycles. The average molecular weight is 480 g/mol. The van der Waals surface area contributed by atoms with Crippen molar-refractivity contribution in [2.45, 2.75) is 6.54 Å². The lowest BCUT2D eigenvalue weighted by Gasteiger charge is -2.12. The Bertz CT molecular complexity index is 1260. The molecule has 1 saturated heterocycles. The number of thioether (sulfide) groups is 1. The van der Waals surface area contributed by atoms with Gasteiger partial charge in [0.2, 0.25) is 0 Å². The van der Waals surface area contributed by atoms with E-state index in [1.165, 1.54) is 0 Å². The SMILES string of the molecule is COc1ccc(C(=O)Oc2ccccc2/C=C2\SC(=O)N(Cc3cccc(Cl)c3)C2=O)cc1. The number of esters is 1. The number of ether oxygens (including phenoxy) is 2. The molecule has 6 nitrogen and oxygen atoms in total. The summed E-state index contributed by atoms with van der Waals surface area (Å²) in [4.78, 5) is 39.3. The van der Waals surface area contributed by atoms with Crippen LogP contribution in [0.15, 0.2) is 77.7 Å². The van der Waals surface area contributed by atoms with Crippen molar-refractivity contribution in [3.05, 3.63) is 99.4 Å². The molecule has 166 valence electrons. The molecule has 0 N–H and O–H groups in total. The highest BCUT2D eigenvalue weighted by atomic mass is 35.5. The summed E-state index contributed by atoms with van der Waals surface area (Å²) in [6.07, 6.45) is 1.56. The molecule has 2 amide bonds. The van der Waals surface area contributed by atoms with E-state index in [0.717, 1.165) is 22.2 Å². The summed E-state index contributed by atoms with van der Waals surface area (Å²) in [7, 11) is 1.54. The second-order valence-electron chi connectivity index (χ2n) is 7.05. The number of imide groups is 1. The van der Waals surface area contributed by atoms with Crippen molar-refractivity contribution >= 4 is 46.6 Å². The zero-order chi connectivity index (χ0) is 23.4. The van der Waals surface area contributed by atoms with Gasteiger partial charge in [0.1, 0.15) is 11.5 Å². The number of carbonyl (C=O) groups is 3. The number of halogens is 1. The third-order valence-electron chi connectivity index (χ3n) is 4.84. The first-order valence-electron chi connectivity index (χ1n) is 9.89. The van der Waals surface area contributed by atoms with Crippen LogP contribution in [-0.4, -0.2) is 29.1 Å². The number of carbonyl (C=O) groups excluding carboxylic acids is 3. The number of nitrogens with zero attached hydrogens (tertiary/aromatic N) is 1. The molecule has 1 heterocycles. The van der Waals surface area contributed by atoms with Crippen LogP contribution in [0.1, 0.15) is 21.5 Å². The number of benzene rings is 3. The zero-order valence-corrected chi connectivity index (χ0v) is 19.1. The number of amides is 2. The van der Waals surface area contributed by atoms with Crippen molar-refractivity contribution in [1.29, 1.82) is 0 Å². The van der Waals surface area contributed by atoms with Crippen molar-refractivity contribution in [3.63, 3.8) is 0 Å². The van der Waals surface area contributed by atoms with E-state index < -0.39 is 11.9 Å². The molecule has 0 unspecified atom stereocenters. The summed E-state index contributed by atoms with van der Waals surface area (Å²) in [6, 6.07) is 20.3. The van der Waals surface area contributed by atoms with Crippen LogP contribution < -0.4 is 9.47 Å². The third-order valence-corrected chi connectivity index (χ3v) is 5.98. The first-order chi connectivity index (χ1) is 15.9. The standard InChI is InChI=1S/C25H18ClNO5S/c1-31-20-11-9-17(10-12-20)24(29)32-21-8-3-2-6-18(21)14-22-23(28)27(25(30)33-22)15-16-5-4-7-19(26)13-16/h2-14H,15H2,1H3/b22-14-.